The third-order valence-electron chi connectivity index (χ3n) is 6.51. The standard InChI is InChI=1S/C18H18ClO4P/c1-10-13(19)12-9-24(22,11-7-5-4-6-8-11)14(10)18(3)16(21)23-15(20)17(12,18)2/h4-8,12,14H,9H2,1-3H3. The number of fused-ring (bicyclic) bond motifs is 1. The highest BCUT2D eigenvalue weighted by Crippen LogP contribution is 2.77. The van der Waals surface area contributed by atoms with Gasteiger partial charge in [-0.25, -0.2) is 0 Å². The lowest BCUT2D eigenvalue weighted by atomic mass is 9.54. The quantitative estimate of drug-likeness (QED) is 0.436. The van der Waals surface area contributed by atoms with Gasteiger partial charge in [-0.1, -0.05) is 41.9 Å². The van der Waals surface area contributed by atoms with Gasteiger partial charge < -0.3 is 9.30 Å². The number of carbonyl (C=O) groups excluding carboxylic acids is 2. The first-order valence-corrected chi connectivity index (χ1v) is 10.3. The summed E-state index contributed by atoms with van der Waals surface area (Å²) in [5.74, 6) is -1.58. The van der Waals surface area contributed by atoms with Crippen molar-refractivity contribution in [3.63, 3.8) is 0 Å². The van der Waals surface area contributed by atoms with Crippen molar-refractivity contribution in [1.29, 1.82) is 0 Å². The topological polar surface area (TPSA) is 60.4 Å². The van der Waals surface area contributed by atoms with Gasteiger partial charge in [0.1, 0.15) is 7.14 Å². The second-order valence-corrected chi connectivity index (χ2v) is 10.8. The molecule has 24 heavy (non-hydrogen) atoms. The average molecular weight is 365 g/mol. The molecule has 0 amide bonds. The van der Waals surface area contributed by atoms with Crippen molar-refractivity contribution in [1.82, 2.24) is 0 Å². The Balaban J connectivity index is 2.04. The molecule has 0 radical (unpaired) electrons. The summed E-state index contributed by atoms with van der Waals surface area (Å²) in [7, 11) is -2.96. The van der Waals surface area contributed by atoms with Crippen LogP contribution in [0.2, 0.25) is 0 Å². The zero-order chi connectivity index (χ0) is 17.5. The zero-order valence-corrected chi connectivity index (χ0v) is 15.4. The Kier molecular flexibility index (Phi) is 3.10. The summed E-state index contributed by atoms with van der Waals surface area (Å²) in [4.78, 5) is 25.2. The van der Waals surface area contributed by atoms with Crippen LogP contribution in [0.3, 0.4) is 0 Å². The molecule has 1 aliphatic carbocycles. The van der Waals surface area contributed by atoms with Gasteiger partial charge in [0, 0.05) is 22.4 Å². The largest absolute Gasteiger partial charge is 0.392 e. The number of esters is 2. The van der Waals surface area contributed by atoms with Crippen LogP contribution >= 0.6 is 18.7 Å². The maximum absolute atomic E-state index is 14.1. The molecule has 0 saturated carbocycles. The van der Waals surface area contributed by atoms with Crippen LogP contribution in [0.1, 0.15) is 20.8 Å². The number of cyclic esters (lactones) is 2. The van der Waals surface area contributed by atoms with Gasteiger partial charge in [-0.2, -0.15) is 0 Å². The number of hydrogen-bond donors (Lipinski definition) is 0. The van der Waals surface area contributed by atoms with Crippen molar-refractivity contribution in [2.24, 2.45) is 16.7 Å². The van der Waals surface area contributed by atoms with E-state index in [0.717, 1.165) is 10.9 Å². The highest BCUT2D eigenvalue weighted by molar-refractivity contribution is 7.72. The summed E-state index contributed by atoms with van der Waals surface area (Å²) in [5, 5.41) is 1.30. The fraction of sp³-hybridized carbons (Fsp3) is 0.444. The van der Waals surface area contributed by atoms with Crippen LogP contribution in [0.4, 0.5) is 0 Å². The summed E-state index contributed by atoms with van der Waals surface area (Å²) in [6, 6.07) is 9.23. The lowest BCUT2D eigenvalue weighted by Crippen LogP contribution is -2.61. The normalized spacial score (nSPS) is 43.8. The van der Waals surface area contributed by atoms with Gasteiger partial charge in [0.05, 0.1) is 16.5 Å². The lowest BCUT2D eigenvalue weighted by Gasteiger charge is -2.57. The third kappa shape index (κ3) is 1.51. The van der Waals surface area contributed by atoms with E-state index < -0.39 is 41.5 Å². The van der Waals surface area contributed by atoms with Crippen molar-refractivity contribution in [3.05, 3.63) is 40.9 Å². The molecule has 3 aliphatic heterocycles. The smallest absolute Gasteiger partial charge is 0.321 e. The first-order valence-electron chi connectivity index (χ1n) is 7.96. The predicted octanol–water partition coefficient (Wildman–Crippen LogP) is 3.30. The van der Waals surface area contributed by atoms with Crippen molar-refractivity contribution >= 4 is 36.0 Å². The predicted molar refractivity (Wildman–Crippen MR) is 91.7 cm³/mol. The van der Waals surface area contributed by atoms with E-state index in [1.807, 2.05) is 37.3 Å². The number of rotatable bonds is 1. The minimum absolute atomic E-state index is 0.298. The second-order valence-electron chi connectivity index (χ2n) is 7.38. The van der Waals surface area contributed by atoms with Crippen LogP contribution in [0, 0.1) is 16.7 Å². The Labute approximate surface area is 145 Å². The number of allylic oxidation sites excluding steroid dienone is 2. The highest BCUT2D eigenvalue weighted by atomic mass is 35.5. The van der Waals surface area contributed by atoms with Crippen LogP contribution in [0.25, 0.3) is 0 Å². The van der Waals surface area contributed by atoms with Gasteiger partial charge in [0.15, 0.2) is 0 Å². The summed E-state index contributed by atoms with van der Waals surface area (Å²) < 4.78 is 19.2. The Hall–Kier alpha value is -1.38. The Bertz CT molecular complexity index is 861. The molecule has 126 valence electrons. The summed E-state index contributed by atoms with van der Waals surface area (Å²) in [6.07, 6.45) is 0.298. The first kappa shape index (κ1) is 16.1. The van der Waals surface area contributed by atoms with Gasteiger partial charge in [-0.05, 0) is 26.3 Å². The van der Waals surface area contributed by atoms with Gasteiger partial charge in [-0.15, -0.1) is 0 Å². The minimum atomic E-state index is -2.96. The monoisotopic (exact) mass is 364 g/mol. The number of hydrogen-bond acceptors (Lipinski definition) is 4. The zero-order valence-electron chi connectivity index (χ0n) is 13.7. The maximum Gasteiger partial charge on any atom is 0.321 e. The summed E-state index contributed by atoms with van der Waals surface area (Å²) in [5.41, 5.74) is -2.06. The number of benzene rings is 1. The number of halogens is 1. The van der Waals surface area contributed by atoms with E-state index in [0.29, 0.717) is 11.2 Å². The van der Waals surface area contributed by atoms with Crippen molar-refractivity contribution < 1.29 is 18.9 Å². The van der Waals surface area contributed by atoms with E-state index >= 15 is 0 Å². The molecule has 0 aromatic heterocycles. The third-order valence-corrected chi connectivity index (χ3v) is 10.9. The fourth-order valence-electron chi connectivity index (χ4n) is 5.02. The van der Waals surface area contributed by atoms with E-state index in [2.05, 4.69) is 0 Å². The van der Waals surface area contributed by atoms with Crippen LogP contribution in [0.15, 0.2) is 40.9 Å². The molecule has 2 fully saturated rings. The molecule has 6 heteroatoms. The van der Waals surface area contributed by atoms with E-state index in [4.69, 9.17) is 16.3 Å². The molecule has 4 nitrogen and oxygen atoms in total. The van der Waals surface area contributed by atoms with Gasteiger partial charge in [-0.3, -0.25) is 9.59 Å². The van der Waals surface area contributed by atoms with E-state index in [1.54, 1.807) is 13.8 Å². The number of carbonyl (C=O) groups is 2. The van der Waals surface area contributed by atoms with Gasteiger partial charge in [0.25, 0.3) is 0 Å². The maximum atomic E-state index is 14.1. The van der Waals surface area contributed by atoms with Crippen LogP contribution in [0.5, 0.6) is 0 Å². The second kappa shape index (κ2) is 4.62. The molecular formula is C18H18ClO4P. The van der Waals surface area contributed by atoms with Crippen molar-refractivity contribution in [3.8, 4) is 0 Å². The van der Waals surface area contributed by atoms with Gasteiger partial charge >= 0.3 is 11.9 Å². The molecule has 1 aromatic carbocycles. The molecule has 0 N–H and O–H groups in total. The Morgan fingerprint density at radius 1 is 1.12 bits per heavy atom. The summed E-state index contributed by atoms with van der Waals surface area (Å²) >= 11 is 6.55. The molecule has 0 spiro atoms. The Morgan fingerprint density at radius 3 is 2.33 bits per heavy atom. The molecule has 5 atom stereocenters. The number of ether oxygens (including phenoxy) is 1. The molecule has 2 bridgehead atoms. The molecule has 3 heterocycles. The fourth-order valence-corrected chi connectivity index (χ4v) is 10.1. The molecule has 4 aliphatic rings. The summed E-state index contributed by atoms with van der Waals surface area (Å²) in [6.45, 7) is 5.29. The molecule has 2 saturated heterocycles. The van der Waals surface area contributed by atoms with Crippen molar-refractivity contribution in [2.45, 2.75) is 26.4 Å². The van der Waals surface area contributed by atoms with E-state index in [-0.39, 0.29) is 0 Å². The van der Waals surface area contributed by atoms with Crippen molar-refractivity contribution in [2.75, 3.05) is 6.16 Å². The average Bonchev–Trinajstić information content (AvgIpc) is 2.74. The SMILES string of the molecule is CC1=C(Cl)C2CP(=O)(c3ccccc3)C1C1(C)C(=O)OC(=O)C21C. The van der Waals surface area contributed by atoms with E-state index in [1.165, 1.54) is 0 Å². The van der Waals surface area contributed by atoms with E-state index in [9.17, 15) is 14.2 Å². The van der Waals surface area contributed by atoms with Crippen LogP contribution in [-0.4, -0.2) is 23.8 Å². The van der Waals surface area contributed by atoms with Crippen LogP contribution < -0.4 is 5.30 Å². The first-order chi connectivity index (χ1) is 11.2. The molecule has 5 unspecified atom stereocenters. The van der Waals surface area contributed by atoms with Crippen LogP contribution in [-0.2, 0) is 18.9 Å². The molecular weight excluding hydrogens is 347 g/mol. The Morgan fingerprint density at radius 2 is 1.71 bits per heavy atom. The highest BCUT2D eigenvalue weighted by Gasteiger charge is 2.78. The lowest BCUT2D eigenvalue weighted by molar-refractivity contribution is -0.155. The minimum Gasteiger partial charge on any atom is -0.392 e. The molecule has 1 aromatic rings. The van der Waals surface area contributed by atoms with Gasteiger partial charge in [0.2, 0.25) is 0 Å². The molecule has 5 rings (SSSR count).